The van der Waals surface area contributed by atoms with Crippen molar-refractivity contribution in [3.05, 3.63) is 40.9 Å². The highest BCUT2D eigenvalue weighted by Gasteiger charge is 2.19. The quantitative estimate of drug-likeness (QED) is 0.272. The van der Waals surface area contributed by atoms with E-state index in [-0.39, 0.29) is 27.9 Å². The third-order valence-corrected chi connectivity index (χ3v) is 3.54. The van der Waals surface area contributed by atoms with Crippen molar-refractivity contribution in [2.75, 3.05) is 19.4 Å². The molecule has 0 aliphatic rings. The van der Waals surface area contributed by atoms with E-state index < -0.39 is 24.4 Å². The number of esters is 1. The van der Waals surface area contributed by atoms with Crippen LogP contribution in [-0.4, -0.2) is 47.3 Å². The van der Waals surface area contributed by atoms with E-state index in [4.69, 9.17) is 15.6 Å². The summed E-state index contributed by atoms with van der Waals surface area (Å²) in [6.07, 6.45) is 0. The van der Waals surface area contributed by atoms with Gasteiger partial charge in [-0.25, -0.2) is 14.6 Å². The summed E-state index contributed by atoms with van der Waals surface area (Å²) in [5.41, 5.74) is 5.54. The number of anilines is 1. The molecule has 0 aliphatic carbocycles. The number of rotatable bonds is 7. The highest BCUT2D eigenvalue weighted by atomic mass is 32.1. The number of thiazole rings is 1. The van der Waals surface area contributed by atoms with E-state index in [9.17, 15) is 14.4 Å². The zero-order chi connectivity index (χ0) is 19.1. The van der Waals surface area contributed by atoms with Gasteiger partial charge in [0.1, 0.15) is 25.1 Å². The van der Waals surface area contributed by atoms with Gasteiger partial charge in [0.05, 0.1) is 5.56 Å². The maximum absolute atomic E-state index is 12.2. The third-order valence-electron chi connectivity index (χ3n) is 2.87. The molecule has 10 nitrogen and oxygen atoms in total. The molecule has 0 bridgehead atoms. The Morgan fingerprint density at radius 2 is 2.15 bits per heavy atom. The SMILES string of the molecule is CO/N=C(\C(=O)NCC(=O)Oc1cccc(C(=O)O)c1)c1csc(N)n1. The fraction of sp³-hybridized carbons (Fsp3) is 0.133. The van der Waals surface area contributed by atoms with Crippen LogP contribution in [0.3, 0.4) is 0 Å². The Balaban J connectivity index is 1.97. The molecule has 1 amide bonds. The first kappa shape index (κ1) is 18.9. The van der Waals surface area contributed by atoms with Crippen molar-refractivity contribution in [1.29, 1.82) is 0 Å². The first-order chi connectivity index (χ1) is 12.4. The molecule has 26 heavy (non-hydrogen) atoms. The van der Waals surface area contributed by atoms with Crippen LogP contribution in [0.15, 0.2) is 34.8 Å². The van der Waals surface area contributed by atoms with Gasteiger partial charge in [-0.05, 0) is 18.2 Å². The van der Waals surface area contributed by atoms with E-state index in [2.05, 4.69) is 20.3 Å². The third kappa shape index (κ3) is 5.01. The lowest BCUT2D eigenvalue weighted by atomic mass is 10.2. The van der Waals surface area contributed by atoms with E-state index in [1.165, 1.54) is 36.8 Å². The number of ether oxygens (including phenoxy) is 1. The summed E-state index contributed by atoms with van der Waals surface area (Å²) in [5.74, 6) is -2.62. The first-order valence-corrected chi connectivity index (χ1v) is 7.93. The van der Waals surface area contributed by atoms with Gasteiger partial charge in [-0.15, -0.1) is 11.3 Å². The fourth-order valence-corrected chi connectivity index (χ4v) is 2.34. The van der Waals surface area contributed by atoms with Crippen LogP contribution >= 0.6 is 11.3 Å². The van der Waals surface area contributed by atoms with Crippen LogP contribution in [0.4, 0.5) is 5.13 Å². The molecule has 1 aromatic heterocycles. The Bertz CT molecular complexity index is 863. The number of nitrogen functional groups attached to an aromatic ring is 1. The summed E-state index contributed by atoms with van der Waals surface area (Å²) >= 11 is 1.12. The van der Waals surface area contributed by atoms with Crippen molar-refractivity contribution in [2.24, 2.45) is 5.16 Å². The maximum Gasteiger partial charge on any atom is 0.335 e. The van der Waals surface area contributed by atoms with Gasteiger partial charge >= 0.3 is 11.9 Å². The fourth-order valence-electron chi connectivity index (χ4n) is 1.79. The molecule has 0 spiro atoms. The second kappa shape index (κ2) is 8.58. The minimum Gasteiger partial charge on any atom is -0.478 e. The standard InChI is InChI=1S/C15H14N4O6S/c1-24-19-12(10-7-26-15(16)18-10)13(21)17-6-11(20)25-9-4-2-3-8(5-9)14(22)23/h2-5,7H,6H2,1H3,(H2,16,18)(H,17,21)(H,22,23)/b19-12-. The van der Waals surface area contributed by atoms with Crippen molar-refractivity contribution >= 4 is 40.0 Å². The van der Waals surface area contributed by atoms with E-state index in [0.717, 1.165) is 11.3 Å². The van der Waals surface area contributed by atoms with Gasteiger partial charge in [-0.2, -0.15) is 0 Å². The largest absolute Gasteiger partial charge is 0.478 e. The lowest BCUT2D eigenvalue weighted by molar-refractivity contribution is -0.134. The Morgan fingerprint density at radius 3 is 2.77 bits per heavy atom. The van der Waals surface area contributed by atoms with E-state index in [1.54, 1.807) is 0 Å². The number of carboxylic acids is 1. The number of amides is 1. The number of oxime groups is 1. The van der Waals surface area contributed by atoms with Crippen molar-refractivity contribution in [2.45, 2.75) is 0 Å². The number of hydrogen-bond donors (Lipinski definition) is 3. The van der Waals surface area contributed by atoms with Gasteiger partial charge in [0.25, 0.3) is 5.91 Å². The Labute approximate surface area is 151 Å². The van der Waals surface area contributed by atoms with Crippen LogP contribution < -0.4 is 15.8 Å². The lowest BCUT2D eigenvalue weighted by Crippen LogP contribution is -2.37. The van der Waals surface area contributed by atoms with E-state index >= 15 is 0 Å². The van der Waals surface area contributed by atoms with Crippen molar-refractivity contribution in [3.63, 3.8) is 0 Å². The topological polar surface area (TPSA) is 153 Å². The molecule has 2 aromatic rings. The molecule has 0 saturated heterocycles. The molecule has 0 fully saturated rings. The summed E-state index contributed by atoms with van der Waals surface area (Å²) in [6, 6.07) is 5.40. The van der Waals surface area contributed by atoms with Crippen LogP contribution in [0.25, 0.3) is 0 Å². The van der Waals surface area contributed by atoms with Gasteiger partial charge in [0.15, 0.2) is 10.8 Å². The molecule has 0 atom stereocenters. The zero-order valence-corrected chi connectivity index (χ0v) is 14.3. The number of carbonyl (C=O) groups excluding carboxylic acids is 2. The number of aromatic carboxylic acids is 1. The molecular weight excluding hydrogens is 364 g/mol. The number of aromatic nitrogens is 1. The molecule has 0 unspecified atom stereocenters. The zero-order valence-electron chi connectivity index (χ0n) is 13.5. The highest BCUT2D eigenvalue weighted by Crippen LogP contribution is 2.14. The number of carboxylic acid groups (broad SMARTS) is 1. The van der Waals surface area contributed by atoms with E-state index in [0.29, 0.717) is 0 Å². The summed E-state index contributed by atoms with van der Waals surface area (Å²) in [7, 11) is 1.26. The van der Waals surface area contributed by atoms with Crippen molar-refractivity contribution in [3.8, 4) is 5.75 Å². The molecule has 11 heteroatoms. The Kier molecular flexibility index (Phi) is 6.22. The second-order valence-corrected chi connectivity index (χ2v) is 5.57. The van der Waals surface area contributed by atoms with Crippen LogP contribution in [0.5, 0.6) is 5.75 Å². The highest BCUT2D eigenvalue weighted by molar-refractivity contribution is 7.13. The van der Waals surface area contributed by atoms with Gasteiger partial charge < -0.3 is 25.7 Å². The number of nitrogens with two attached hydrogens (primary N) is 1. The van der Waals surface area contributed by atoms with Crippen LogP contribution in [0, 0.1) is 0 Å². The molecule has 0 saturated carbocycles. The van der Waals surface area contributed by atoms with Gasteiger partial charge in [-0.3, -0.25) is 4.79 Å². The number of nitrogens with zero attached hydrogens (tertiary/aromatic N) is 2. The van der Waals surface area contributed by atoms with E-state index in [1.807, 2.05) is 0 Å². The predicted molar refractivity (Wildman–Crippen MR) is 92.1 cm³/mol. The number of hydrogen-bond acceptors (Lipinski definition) is 9. The molecule has 1 heterocycles. The van der Waals surface area contributed by atoms with Crippen LogP contribution in [-0.2, 0) is 14.4 Å². The predicted octanol–water partition coefficient (Wildman–Crippen LogP) is 0.496. The average Bonchev–Trinajstić information content (AvgIpc) is 3.03. The Morgan fingerprint density at radius 1 is 1.38 bits per heavy atom. The molecule has 136 valence electrons. The number of nitrogens with one attached hydrogen (secondary N) is 1. The lowest BCUT2D eigenvalue weighted by Gasteiger charge is -2.07. The number of benzene rings is 1. The minimum absolute atomic E-state index is 0.0324. The average molecular weight is 378 g/mol. The molecular formula is C15H14N4O6S. The summed E-state index contributed by atoms with van der Waals surface area (Å²) in [6.45, 7) is -0.474. The van der Waals surface area contributed by atoms with Crippen molar-refractivity contribution < 1.29 is 29.1 Å². The minimum atomic E-state index is -1.15. The van der Waals surface area contributed by atoms with Gasteiger partial charge in [0, 0.05) is 5.38 Å². The smallest absolute Gasteiger partial charge is 0.335 e. The summed E-state index contributed by atoms with van der Waals surface area (Å²) < 4.78 is 4.98. The summed E-state index contributed by atoms with van der Waals surface area (Å²) in [4.78, 5) is 43.4. The molecule has 1 aromatic carbocycles. The summed E-state index contributed by atoms with van der Waals surface area (Å²) in [5, 5.41) is 16.6. The van der Waals surface area contributed by atoms with Crippen LogP contribution in [0.1, 0.15) is 16.1 Å². The molecule has 0 radical (unpaired) electrons. The Hall–Kier alpha value is -3.47. The van der Waals surface area contributed by atoms with Gasteiger partial charge in [0.2, 0.25) is 0 Å². The van der Waals surface area contributed by atoms with Crippen LogP contribution in [0.2, 0.25) is 0 Å². The molecule has 2 rings (SSSR count). The molecule has 0 aliphatic heterocycles. The second-order valence-electron chi connectivity index (χ2n) is 4.68. The monoisotopic (exact) mass is 378 g/mol. The normalized spacial score (nSPS) is 10.9. The van der Waals surface area contributed by atoms with Crippen molar-refractivity contribution in [1.82, 2.24) is 10.3 Å². The maximum atomic E-state index is 12.2. The van der Waals surface area contributed by atoms with Gasteiger partial charge in [-0.1, -0.05) is 11.2 Å². The number of carbonyl (C=O) groups is 3. The molecule has 4 N–H and O–H groups in total. The first-order valence-electron chi connectivity index (χ1n) is 7.05.